The molecule has 172 valence electrons. The van der Waals surface area contributed by atoms with E-state index in [1.54, 1.807) is 15.8 Å². The van der Waals surface area contributed by atoms with Crippen LogP contribution in [0.25, 0.3) is 5.82 Å². The van der Waals surface area contributed by atoms with Crippen molar-refractivity contribution in [3.63, 3.8) is 0 Å². The number of hydrogen-bond acceptors (Lipinski definition) is 7. The van der Waals surface area contributed by atoms with Gasteiger partial charge in [-0.3, -0.25) is 0 Å². The maximum Gasteiger partial charge on any atom is 0.409 e. The van der Waals surface area contributed by atoms with E-state index in [9.17, 15) is 10.1 Å². The van der Waals surface area contributed by atoms with Gasteiger partial charge in [0.25, 0.3) is 0 Å². The number of rotatable bonds is 6. The number of nitrogens with two attached hydrogens (primary N) is 1. The van der Waals surface area contributed by atoms with E-state index in [0.29, 0.717) is 62.8 Å². The van der Waals surface area contributed by atoms with Crippen LogP contribution in [0.1, 0.15) is 24.8 Å². The zero-order valence-corrected chi connectivity index (χ0v) is 18.7. The largest absolute Gasteiger partial charge is 0.487 e. The van der Waals surface area contributed by atoms with Crippen LogP contribution in [0.15, 0.2) is 66.3 Å². The summed E-state index contributed by atoms with van der Waals surface area (Å²) in [5, 5.41) is 14.1. The van der Waals surface area contributed by atoms with Crippen LogP contribution >= 0.6 is 0 Å². The van der Waals surface area contributed by atoms with E-state index in [1.807, 2.05) is 48.7 Å². The fraction of sp³-hybridized carbons (Fsp3) is 0.375. The number of hydrogen-bond donors (Lipinski definition) is 1. The zero-order valence-electron chi connectivity index (χ0n) is 18.7. The van der Waals surface area contributed by atoms with Crippen molar-refractivity contribution in [2.24, 2.45) is 5.73 Å². The van der Waals surface area contributed by atoms with Gasteiger partial charge in [0.05, 0.1) is 25.1 Å². The van der Waals surface area contributed by atoms with Crippen molar-refractivity contribution >= 4 is 11.9 Å². The number of benzene rings is 1. The van der Waals surface area contributed by atoms with Gasteiger partial charge in [-0.25, -0.2) is 9.48 Å². The van der Waals surface area contributed by atoms with Crippen LogP contribution in [0, 0.1) is 11.3 Å². The first kappa shape index (κ1) is 22.3. The van der Waals surface area contributed by atoms with E-state index >= 15 is 0 Å². The van der Waals surface area contributed by atoms with Crippen LogP contribution in [0.5, 0.6) is 0 Å². The molecule has 0 aliphatic carbocycles. The lowest BCUT2D eigenvalue weighted by Gasteiger charge is -2.50. The van der Waals surface area contributed by atoms with Gasteiger partial charge in [0, 0.05) is 32.0 Å². The summed E-state index contributed by atoms with van der Waals surface area (Å²) < 4.78 is 12.7. The first-order valence-electron chi connectivity index (χ1n) is 10.9. The third kappa shape index (κ3) is 4.51. The summed E-state index contributed by atoms with van der Waals surface area (Å²) in [6.07, 6.45) is 6.66. The minimum absolute atomic E-state index is 0.300. The van der Waals surface area contributed by atoms with Crippen molar-refractivity contribution < 1.29 is 14.3 Å². The van der Waals surface area contributed by atoms with E-state index in [4.69, 9.17) is 15.2 Å². The van der Waals surface area contributed by atoms with Crippen LogP contribution in [0.2, 0.25) is 0 Å². The Morgan fingerprint density at radius 3 is 2.64 bits per heavy atom. The standard InChI is InChI=1S/C24H28N6O3/c1-32-23(31)28-16-10-24(9-12-25,11-17-28)29-15-8-20(33-18-19-6-3-2-4-7-19)21(26)22(29)30-14-5-13-27-30/h2-8,13-14H,9-11,15-18,26H2,1H3. The van der Waals surface area contributed by atoms with Crippen LogP contribution in [0.4, 0.5) is 4.79 Å². The van der Waals surface area contributed by atoms with Crippen molar-refractivity contribution in [2.45, 2.75) is 31.4 Å². The Kier molecular flexibility index (Phi) is 6.54. The molecule has 9 nitrogen and oxygen atoms in total. The van der Waals surface area contributed by atoms with Crippen molar-refractivity contribution in [3.05, 3.63) is 71.9 Å². The lowest BCUT2D eigenvalue weighted by atomic mass is 9.82. The van der Waals surface area contributed by atoms with Gasteiger partial charge in [-0.05, 0) is 30.5 Å². The van der Waals surface area contributed by atoms with Gasteiger partial charge >= 0.3 is 6.09 Å². The number of amides is 1. The Morgan fingerprint density at radius 1 is 1.24 bits per heavy atom. The zero-order chi connectivity index (χ0) is 23.3. The van der Waals surface area contributed by atoms with Crippen LogP contribution in [0.3, 0.4) is 0 Å². The monoisotopic (exact) mass is 448 g/mol. The molecule has 0 spiro atoms. The summed E-state index contributed by atoms with van der Waals surface area (Å²) in [4.78, 5) is 15.8. The minimum Gasteiger partial charge on any atom is -0.487 e. The number of likely N-dealkylation sites (tertiary alicyclic amines) is 1. The van der Waals surface area contributed by atoms with Gasteiger partial charge in [-0.2, -0.15) is 10.4 Å². The molecule has 0 bridgehead atoms. The Balaban J connectivity index is 1.63. The molecule has 0 saturated carbocycles. The molecule has 2 N–H and O–H groups in total. The summed E-state index contributed by atoms with van der Waals surface area (Å²) in [6.45, 7) is 1.91. The first-order chi connectivity index (χ1) is 16.1. The fourth-order valence-corrected chi connectivity index (χ4v) is 4.48. The lowest BCUT2D eigenvalue weighted by molar-refractivity contribution is 0.0545. The number of aromatic nitrogens is 2. The number of piperidine rings is 1. The average Bonchev–Trinajstić information content (AvgIpc) is 3.38. The second-order valence-electron chi connectivity index (χ2n) is 8.16. The molecule has 33 heavy (non-hydrogen) atoms. The maximum atomic E-state index is 12.0. The first-order valence-corrected chi connectivity index (χ1v) is 10.9. The van der Waals surface area contributed by atoms with Gasteiger partial charge in [0.15, 0.2) is 5.82 Å². The van der Waals surface area contributed by atoms with Crippen molar-refractivity contribution in [1.82, 2.24) is 19.6 Å². The molecule has 1 saturated heterocycles. The summed E-state index contributed by atoms with van der Waals surface area (Å²) in [5.41, 5.74) is 7.66. The molecule has 1 aromatic heterocycles. The number of carbonyl (C=O) groups is 1. The lowest BCUT2D eigenvalue weighted by Crippen LogP contribution is -2.57. The molecule has 0 unspecified atom stereocenters. The highest BCUT2D eigenvalue weighted by molar-refractivity contribution is 5.67. The Hall–Kier alpha value is -3.93. The highest BCUT2D eigenvalue weighted by Crippen LogP contribution is 2.39. The summed E-state index contributed by atoms with van der Waals surface area (Å²) in [5.74, 6) is 1.28. The number of nitrogens with zero attached hydrogens (tertiary/aromatic N) is 5. The predicted octanol–water partition coefficient (Wildman–Crippen LogP) is 2.90. The molecule has 1 aromatic carbocycles. The molecule has 9 heteroatoms. The third-order valence-corrected chi connectivity index (χ3v) is 6.29. The molecule has 2 aromatic rings. The van der Waals surface area contributed by atoms with Gasteiger partial charge in [0.2, 0.25) is 0 Å². The van der Waals surface area contributed by atoms with Crippen molar-refractivity contribution in [1.29, 1.82) is 5.26 Å². The average molecular weight is 449 g/mol. The van der Waals surface area contributed by atoms with E-state index in [2.05, 4.69) is 16.1 Å². The number of methoxy groups -OCH3 is 1. The molecular weight excluding hydrogens is 420 g/mol. The molecule has 2 aliphatic rings. The molecular formula is C24H28N6O3. The summed E-state index contributed by atoms with van der Waals surface area (Å²) in [7, 11) is 1.38. The quantitative estimate of drug-likeness (QED) is 0.723. The summed E-state index contributed by atoms with van der Waals surface area (Å²) >= 11 is 0. The van der Waals surface area contributed by atoms with Crippen LogP contribution in [-0.4, -0.2) is 58.0 Å². The SMILES string of the molecule is COC(=O)N1CCC(CC#N)(N2CC=C(OCc3ccccc3)C(N)=C2n2cccn2)CC1. The van der Waals surface area contributed by atoms with Crippen molar-refractivity contribution in [3.8, 4) is 6.07 Å². The molecule has 1 amide bonds. The molecule has 1 fully saturated rings. The Labute approximate surface area is 193 Å². The molecule has 3 heterocycles. The van der Waals surface area contributed by atoms with E-state index < -0.39 is 5.54 Å². The normalized spacial score (nSPS) is 17.9. The topological polar surface area (TPSA) is 110 Å². The molecule has 0 radical (unpaired) electrons. The highest BCUT2D eigenvalue weighted by Gasteiger charge is 2.44. The molecule has 4 rings (SSSR count). The number of ether oxygens (including phenoxy) is 2. The van der Waals surface area contributed by atoms with Crippen molar-refractivity contribution in [2.75, 3.05) is 26.7 Å². The number of carbonyl (C=O) groups excluding carboxylic acids is 1. The Morgan fingerprint density at radius 2 is 2.00 bits per heavy atom. The van der Waals surface area contributed by atoms with E-state index in [1.165, 1.54) is 7.11 Å². The molecule has 0 atom stereocenters. The number of nitriles is 1. The highest BCUT2D eigenvalue weighted by atomic mass is 16.5. The van der Waals surface area contributed by atoms with E-state index in [-0.39, 0.29) is 6.09 Å². The minimum atomic E-state index is -0.493. The van der Waals surface area contributed by atoms with Gasteiger partial charge < -0.3 is 25.0 Å². The van der Waals surface area contributed by atoms with Gasteiger partial charge in [0.1, 0.15) is 18.1 Å². The second-order valence-corrected chi connectivity index (χ2v) is 8.16. The van der Waals surface area contributed by atoms with E-state index in [0.717, 1.165) is 5.56 Å². The Bertz CT molecular complexity index is 1060. The van der Waals surface area contributed by atoms with Gasteiger partial charge in [-0.15, -0.1) is 0 Å². The summed E-state index contributed by atoms with van der Waals surface area (Å²) in [6, 6.07) is 14.1. The third-order valence-electron chi connectivity index (χ3n) is 6.29. The smallest absolute Gasteiger partial charge is 0.409 e. The molecule has 2 aliphatic heterocycles. The maximum absolute atomic E-state index is 12.0. The second kappa shape index (κ2) is 9.69. The van der Waals surface area contributed by atoms with Crippen LogP contribution in [-0.2, 0) is 16.1 Å². The van der Waals surface area contributed by atoms with Crippen LogP contribution < -0.4 is 5.73 Å². The fourth-order valence-electron chi connectivity index (χ4n) is 4.48. The van der Waals surface area contributed by atoms with Gasteiger partial charge in [-0.1, -0.05) is 30.3 Å². The predicted molar refractivity (Wildman–Crippen MR) is 122 cm³/mol.